The summed E-state index contributed by atoms with van der Waals surface area (Å²) in [4.78, 5) is 20.4. The lowest BCUT2D eigenvalue weighted by molar-refractivity contribution is 0.667. The van der Waals surface area contributed by atoms with E-state index in [0.29, 0.717) is 17.5 Å². The number of hydrogen-bond donors (Lipinski definition) is 0. The molecular formula is C46H26N4O2. The lowest BCUT2D eigenvalue weighted by atomic mass is 9.92. The summed E-state index contributed by atoms with van der Waals surface area (Å²) in [6.07, 6.45) is 3.73. The Morgan fingerprint density at radius 2 is 1.04 bits per heavy atom. The Labute approximate surface area is 296 Å². The first-order valence-electron chi connectivity index (χ1n) is 17.2. The van der Waals surface area contributed by atoms with E-state index in [9.17, 15) is 0 Å². The van der Waals surface area contributed by atoms with Gasteiger partial charge in [-0.1, -0.05) is 121 Å². The summed E-state index contributed by atoms with van der Waals surface area (Å²) in [6, 6.07) is 49.6. The van der Waals surface area contributed by atoms with Crippen LogP contribution in [0.2, 0.25) is 0 Å². The topological polar surface area (TPSA) is 77.8 Å². The molecule has 0 unspecified atom stereocenters. The van der Waals surface area contributed by atoms with Crippen LogP contribution < -0.4 is 0 Å². The standard InChI is InChI=1S/C46H26N4O2/c1-2-12-28(13-3-1)44-48-45(34-18-10-20-38-41(34)33-17-8-9-19-37(33)51-38)50-46(49-44)43-31-16-7-6-11-27(31)21-22-32(43)36-25-47-26-40-42(36)35-23-29-14-4-5-15-30(29)24-39(35)52-40/h1-26H. The van der Waals surface area contributed by atoms with E-state index in [1.807, 2.05) is 72.9 Å². The minimum atomic E-state index is 0.565. The molecule has 4 aromatic heterocycles. The molecule has 0 amide bonds. The fourth-order valence-electron chi connectivity index (χ4n) is 7.64. The van der Waals surface area contributed by atoms with Gasteiger partial charge in [0.1, 0.15) is 16.7 Å². The number of fused-ring (bicyclic) bond motifs is 8. The van der Waals surface area contributed by atoms with Crippen LogP contribution in [0.4, 0.5) is 0 Å². The summed E-state index contributed by atoms with van der Waals surface area (Å²) in [5, 5.41) is 8.40. The molecule has 0 aliphatic heterocycles. The number of para-hydroxylation sites is 1. The Morgan fingerprint density at radius 3 is 1.92 bits per heavy atom. The van der Waals surface area contributed by atoms with Crippen molar-refractivity contribution in [1.82, 2.24) is 19.9 Å². The van der Waals surface area contributed by atoms with Crippen molar-refractivity contribution in [2.24, 2.45) is 0 Å². The molecule has 0 saturated carbocycles. The second-order valence-electron chi connectivity index (χ2n) is 13.0. The van der Waals surface area contributed by atoms with Gasteiger partial charge in [-0.15, -0.1) is 0 Å². The molecule has 0 aliphatic carbocycles. The van der Waals surface area contributed by atoms with Gasteiger partial charge in [0.15, 0.2) is 23.1 Å². The van der Waals surface area contributed by atoms with Gasteiger partial charge in [0.2, 0.25) is 0 Å². The van der Waals surface area contributed by atoms with Gasteiger partial charge < -0.3 is 8.83 Å². The highest BCUT2D eigenvalue weighted by atomic mass is 16.3. The van der Waals surface area contributed by atoms with Crippen molar-refractivity contribution in [3.63, 3.8) is 0 Å². The highest BCUT2D eigenvalue weighted by molar-refractivity contribution is 6.18. The third-order valence-electron chi connectivity index (χ3n) is 10.0. The second kappa shape index (κ2) is 11.2. The quantitative estimate of drug-likeness (QED) is 0.186. The highest BCUT2D eigenvalue weighted by Crippen LogP contribution is 2.44. The molecule has 4 heterocycles. The molecule has 0 bridgehead atoms. The van der Waals surface area contributed by atoms with E-state index >= 15 is 0 Å². The molecule has 0 fully saturated rings. The third-order valence-corrected chi connectivity index (χ3v) is 10.0. The summed E-state index contributed by atoms with van der Waals surface area (Å²) in [5.41, 5.74) is 7.71. The Kier molecular flexibility index (Phi) is 6.15. The molecule has 52 heavy (non-hydrogen) atoms. The van der Waals surface area contributed by atoms with E-state index < -0.39 is 0 Å². The van der Waals surface area contributed by atoms with E-state index in [-0.39, 0.29) is 0 Å². The molecule has 6 heteroatoms. The van der Waals surface area contributed by atoms with Gasteiger partial charge in [-0.25, -0.2) is 15.0 Å². The fraction of sp³-hybridized carbons (Fsp3) is 0. The van der Waals surface area contributed by atoms with Crippen LogP contribution in [0, 0.1) is 0 Å². The fourth-order valence-corrected chi connectivity index (χ4v) is 7.64. The molecule has 6 nitrogen and oxygen atoms in total. The van der Waals surface area contributed by atoms with E-state index in [0.717, 1.165) is 93.2 Å². The molecule has 0 aliphatic rings. The lowest BCUT2D eigenvalue weighted by Gasteiger charge is -2.15. The summed E-state index contributed by atoms with van der Waals surface area (Å²) in [5.74, 6) is 1.72. The van der Waals surface area contributed by atoms with Gasteiger partial charge in [-0.05, 0) is 51.4 Å². The second-order valence-corrected chi connectivity index (χ2v) is 13.0. The third kappa shape index (κ3) is 4.38. The van der Waals surface area contributed by atoms with Gasteiger partial charge in [-0.2, -0.15) is 0 Å². The minimum Gasteiger partial charge on any atom is -0.456 e. The van der Waals surface area contributed by atoms with Crippen LogP contribution in [0.25, 0.3) is 111 Å². The Balaban J connectivity index is 1.24. The smallest absolute Gasteiger partial charge is 0.165 e. The zero-order valence-corrected chi connectivity index (χ0v) is 27.6. The normalized spacial score (nSPS) is 11.8. The zero-order valence-electron chi connectivity index (χ0n) is 27.6. The van der Waals surface area contributed by atoms with Crippen molar-refractivity contribution in [1.29, 1.82) is 0 Å². The van der Waals surface area contributed by atoms with Crippen molar-refractivity contribution in [3.8, 4) is 45.3 Å². The average molecular weight is 667 g/mol. The molecular weight excluding hydrogens is 641 g/mol. The zero-order chi connectivity index (χ0) is 34.2. The molecule has 0 N–H and O–H groups in total. The number of aromatic nitrogens is 4. The van der Waals surface area contributed by atoms with Crippen LogP contribution in [-0.4, -0.2) is 19.9 Å². The monoisotopic (exact) mass is 666 g/mol. The summed E-state index contributed by atoms with van der Waals surface area (Å²) in [6.45, 7) is 0. The minimum absolute atomic E-state index is 0.565. The number of pyridine rings is 1. The van der Waals surface area contributed by atoms with Gasteiger partial charge in [0, 0.05) is 50.0 Å². The van der Waals surface area contributed by atoms with Crippen LogP contribution in [0.3, 0.4) is 0 Å². The first kappa shape index (κ1) is 28.6. The van der Waals surface area contributed by atoms with Crippen molar-refractivity contribution >= 4 is 65.4 Å². The molecule has 11 rings (SSSR count). The van der Waals surface area contributed by atoms with Gasteiger partial charge in [0.25, 0.3) is 0 Å². The molecule has 7 aromatic carbocycles. The molecule has 0 radical (unpaired) electrons. The Bertz CT molecular complexity index is 3200. The molecule has 11 aromatic rings. The SMILES string of the molecule is c1ccc(-c2nc(-c3c(-c4cncc5oc6cc7ccccc7cc6c45)ccc4ccccc34)nc(-c3cccc4oc5ccccc5c34)n2)cc1. The predicted octanol–water partition coefficient (Wildman–Crippen LogP) is 12.0. The highest BCUT2D eigenvalue weighted by Gasteiger charge is 2.23. The summed E-state index contributed by atoms with van der Waals surface area (Å²) >= 11 is 0. The molecule has 0 spiro atoms. The maximum atomic E-state index is 6.47. The molecule has 0 saturated heterocycles. The van der Waals surface area contributed by atoms with Gasteiger partial charge in [0.05, 0.1) is 6.20 Å². The molecule has 242 valence electrons. The Morgan fingerprint density at radius 1 is 0.365 bits per heavy atom. The molecule has 0 atom stereocenters. The Hall–Kier alpha value is -7.18. The number of hydrogen-bond acceptors (Lipinski definition) is 6. The van der Waals surface area contributed by atoms with E-state index in [2.05, 4.69) is 78.9 Å². The van der Waals surface area contributed by atoms with Crippen molar-refractivity contribution in [2.75, 3.05) is 0 Å². The summed E-state index contributed by atoms with van der Waals surface area (Å²) in [7, 11) is 0. The van der Waals surface area contributed by atoms with Crippen LogP contribution in [0.1, 0.15) is 0 Å². The largest absolute Gasteiger partial charge is 0.456 e. The maximum Gasteiger partial charge on any atom is 0.165 e. The average Bonchev–Trinajstić information content (AvgIpc) is 3.77. The van der Waals surface area contributed by atoms with Gasteiger partial charge >= 0.3 is 0 Å². The van der Waals surface area contributed by atoms with E-state index in [1.54, 1.807) is 6.20 Å². The lowest BCUT2D eigenvalue weighted by Crippen LogP contribution is -2.02. The van der Waals surface area contributed by atoms with Crippen molar-refractivity contribution in [3.05, 3.63) is 158 Å². The van der Waals surface area contributed by atoms with Crippen molar-refractivity contribution in [2.45, 2.75) is 0 Å². The van der Waals surface area contributed by atoms with Crippen LogP contribution in [-0.2, 0) is 0 Å². The van der Waals surface area contributed by atoms with E-state index in [1.165, 1.54) is 0 Å². The summed E-state index contributed by atoms with van der Waals surface area (Å²) < 4.78 is 12.8. The van der Waals surface area contributed by atoms with Crippen molar-refractivity contribution < 1.29 is 8.83 Å². The first-order valence-corrected chi connectivity index (χ1v) is 17.2. The maximum absolute atomic E-state index is 6.47. The van der Waals surface area contributed by atoms with E-state index in [4.69, 9.17) is 28.8 Å². The van der Waals surface area contributed by atoms with Crippen LogP contribution in [0.15, 0.2) is 167 Å². The number of nitrogens with zero attached hydrogens (tertiary/aromatic N) is 4. The van der Waals surface area contributed by atoms with Crippen LogP contribution >= 0.6 is 0 Å². The predicted molar refractivity (Wildman–Crippen MR) is 209 cm³/mol. The number of rotatable bonds is 4. The number of furan rings is 2. The first-order chi connectivity index (χ1) is 25.8. The number of benzene rings is 7. The van der Waals surface area contributed by atoms with Crippen LogP contribution in [0.5, 0.6) is 0 Å². The van der Waals surface area contributed by atoms with Gasteiger partial charge in [-0.3, -0.25) is 4.98 Å².